The molecule has 28 heavy (non-hydrogen) atoms. The Morgan fingerprint density at radius 2 is 2.32 bits per heavy atom. The van der Waals surface area contributed by atoms with Gasteiger partial charge in [0, 0.05) is 31.6 Å². The predicted molar refractivity (Wildman–Crippen MR) is 108 cm³/mol. The summed E-state index contributed by atoms with van der Waals surface area (Å²) in [5.74, 6) is 3.16. The lowest BCUT2D eigenvalue weighted by atomic mass is 10.0. The van der Waals surface area contributed by atoms with Crippen molar-refractivity contribution in [2.24, 2.45) is 0 Å². The van der Waals surface area contributed by atoms with Crippen molar-refractivity contribution in [1.82, 2.24) is 26.2 Å². The Morgan fingerprint density at radius 3 is 3.07 bits per heavy atom. The van der Waals surface area contributed by atoms with E-state index in [-0.39, 0.29) is 36.5 Å². The van der Waals surface area contributed by atoms with Crippen LogP contribution in [-0.2, 0) is 16.1 Å². The smallest absolute Gasteiger partial charge is 0.237 e. The number of hydrogen-bond donors (Lipinski definition) is 4. The second-order valence-corrected chi connectivity index (χ2v) is 7.38. The van der Waals surface area contributed by atoms with E-state index in [4.69, 9.17) is 23.1 Å². The summed E-state index contributed by atoms with van der Waals surface area (Å²) in [5, 5.41) is 12.6. The molecule has 0 bridgehead atoms. The number of hydrogen-bond acceptors (Lipinski definition) is 5. The molecule has 2 fully saturated rings. The second kappa shape index (κ2) is 9.57. The van der Waals surface area contributed by atoms with Crippen LogP contribution in [0, 0.1) is 12.3 Å². The number of terminal acetylenes is 1. The van der Waals surface area contributed by atoms with Gasteiger partial charge in [-0.05, 0) is 37.2 Å². The molecule has 0 aromatic carbocycles. The third-order valence-corrected chi connectivity index (χ3v) is 5.32. The van der Waals surface area contributed by atoms with Gasteiger partial charge in [-0.25, -0.2) is 0 Å². The van der Waals surface area contributed by atoms with Crippen LogP contribution in [0.2, 0.25) is 0 Å². The fourth-order valence-corrected chi connectivity index (χ4v) is 3.94. The Morgan fingerprint density at radius 1 is 1.46 bits per heavy atom. The zero-order chi connectivity index (χ0) is 19.9. The van der Waals surface area contributed by atoms with E-state index in [2.05, 4.69) is 32.1 Å². The van der Waals surface area contributed by atoms with Crippen molar-refractivity contribution < 1.29 is 14.0 Å². The van der Waals surface area contributed by atoms with Gasteiger partial charge in [-0.3, -0.25) is 14.5 Å². The summed E-state index contributed by atoms with van der Waals surface area (Å²) in [6, 6.07) is 3.70. The average Bonchev–Trinajstić information content (AvgIpc) is 3.34. The van der Waals surface area contributed by atoms with Crippen molar-refractivity contribution in [3.63, 3.8) is 0 Å². The molecular weight excluding hydrogens is 378 g/mol. The number of thiocarbonyl (C=S) groups is 1. The Labute approximate surface area is 169 Å². The Hall–Kier alpha value is -2.57. The van der Waals surface area contributed by atoms with Gasteiger partial charge in [0.1, 0.15) is 5.76 Å². The molecule has 1 aromatic rings. The Balaban J connectivity index is 1.48. The minimum absolute atomic E-state index is 0.0341. The van der Waals surface area contributed by atoms with Gasteiger partial charge in [0.2, 0.25) is 11.8 Å². The highest BCUT2D eigenvalue weighted by molar-refractivity contribution is 7.80. The van der Waals surface area contributed by atoms with Gasteiger partial charge < -0.3 is 25.7 Å². The van der Waals surface area contributed by atoms with Crippen LogP contribution in [0.4, 0.5) is 0 Å². The highest BCUT2D eigenvalue weighted by Gasteiger charge is 2.43. The third kappa shape index (κ3) is 5.24. The zero-order valence-corrected chi connectivity index (χ0v) is 16.4. The number of rotatable bonds is 7. The summed E-state index contributed by atoms with van der Waals surface area (Å²) in [6.45, 7) is 2.00. The van der Waals surface area contributed by atoms with E-state index in [1.54, 1.807) is 6.26 Å². The van der Waals surface area contributed by atoms with Crippen LogP contribution in [0.5, 0.6) is 0 Å². The van der Waals surface area contributed by atoms with Gasteiger partial charge in [0.15, 0.2) is 5.11 Å². The minimum atomic E-state index is -0.196. The number of nitrogens with zero attached hydrogens (tertiary/aromatic N) is 1. The molecule has 1 aromatic heterocycles. The molecule has 3 rings (SSSR count). The first-order valence-electron chi connectivity index (χ1n) is 9.37. The molecule has 0 spiro atoms. The maximum atomic E-state index is 12.3. The fraction of sp³-hybridized carbons (Fsp3) is 0.526. The SMILES string of the molecule is C#CCNC(=O)CCC1CNC(=O)C2CC(NC(=S)NCc3ccco3)CN12. The topological polar surface area (TPSA) is 98.6 Å². The lowest BCUT2D eigenvalue weighted by Crippen LogP contribution is -2.58. The van der Waals surface area contributed by atoms with Gasteiger partial charge in [-0.2, -0.15) is 0 Å². The van der Waals surface area contributed by atoms with Crippen LogP contribution in [0.3, 0.4) is 0 Å². The molecule has 150 valence electrons. The standard InChI is InChI=1S/C19H25N5O3S/c1-2-7-20-17(25)6-5-14-10-21-18(26)16-9-13(12-24(14)16)23-19(28)22-11-15-4-3-8-27-15/h1,3-4,8,13-14,16H,5-7,9-12H2,(H,20,25)(H,21,26)(H2,22,23,28). The molecule has 2 saturated heterocycles. The number of carbonyl (C=O) groups excluding carboxylic acids is 2. The molecule has 3 atom stereocenters. The molecule has 8 nitrogen and oxygen atoms in total. The van der Waals surface area contributed by atoms with E-state index in [0.717, 1.165) is 5.76 Å². The van der Waals surface area contributed by atoms with Gasteiger partial charge in [-0.15, -0.1) is 6.42 Å². The molecule has 3 heterocycles. The van der Waals surface area contributed by atoms with Crippen LogP contribution in [0.1, 0.15) is 25.0 Å². The van der Waals surface area contributed by atoms with Crippen LogP contribution < -0.4 is 21.3 Å². The van der Waals surface area contributed by atoms with Gasteiger partial charge >= 0.3 is 0 Å². The molecule has 2 aliphatic heterocycles. The van der Waals surface area contributed by atoms with E-state index in [9.17, 15) is 9.59 Å². The summed E-state index contributed by atoms with van der Waals surface area (Å²) in [6.07, 6.45) is 8.50. The maximum Gasteiger partial charge on any atom is 0.237 e. The summed E-state index contributed by atoms with van der Waals surface area (Å²) in [7, 11) is 0. The number of fused-ring (bicyclic) bond motifs is 1. The second-order valence-electron chi connectivity index (χ2n) is 6.97. The molecule has 2 amide bonds. The number of amides is 2. The van der Waals surface area contributed by atoms with E-state index in [1.807, 2.05) is 12.1 Å². The van der Waals surface area contributed by atoms with E-state index in [0.29, 0.717) is 44.0 Å². The monoisotopic (exact) mass is 403 g/mol. The first-order valence-corrected chi connectivity index (χ1v) is 9.78. The van der Waals surface area contributed by atoms with Crippen molar-refractivity contribution in [3.8, 4) is 12.3 Å². The zero-order valence-electron chi connectivity index (χ0n) is 15.6. The Bertz CT molecular complexity index is 745. The molecule has 0 radical (unpaired) electrons. The van der Waals surface area contributed by atoms with E-state index in [1.165, 1.54) is 0 Å². The first-order chi connectivity index (χ1) is 13.6. The highest BCUT2D eigenvalue weighted by atomic mass is 32.1. The predicted octanol–water partition coefficient (Wildman–Crippen LogP) is -0.285. The minimum Gasteiger partial charge on any atom is -0.467 e. The number of nitrogens with one attached hydrogen (secondary N) is 4. The average molecular weight is 404 g/mol. The van der Waals surface area contributed by atoms with Gasteiger partial charge in [0.25, 0.3) is 0 Å². The van der Waals surface area contributed by atoms with Crippen LogP contribution in [0.15, 0.2) is 22.8 Å². The third-order valence-electron chi connectivity index (χ3n) is 5.05. The lowest BCUT2D eigenvalue weighted by molar-refractivity contribution is -0.129. The van der Waals surface area contributed by atoms with Crippen LogP contribution in [-0.4, -0.2) is 59.6 Å². The molecule has 3 unspecified atom stereocenters. The number of carbonyl (C=O) groups is 2. The molecule has 0 saturated carbocycles. The molecule has 0 aliphatic carbocycles. The number of piperazine rings is 1. The lowest BCUT2D eigenvalue weighted by Gasteiger charge is -2.37. The summed E-state index contributed by atoms with van der Waals surface area (Å²) in [4.78, 5) is 26.3. The normalized spacial score (nSPS) is 24.0. The van der Waals surface area contributed by atoms with Crippen molar-refractivity contribution in [1.29, 1.82) is 0 Å². The molecule has 4 N–H and O–H groups in total. The molecule has 9 heteroatoms. The molecular formula is C19H25N5O3S. The highest BCUT2D eigenvalue weighted by Crippen LogP contribution is 2.25. The van der Waals surface area contributed by atoms with Gasteiger partial charge in [0.05, 0.1) is 25.4 Å². The fourth-order valence-electron chi connectivity index (χ4n) is 3.70. The number of furan rings is 1. The van der Waals surface area contributed by atoms with Crippen molar-refractivity contribution in [2.45, 2.75) is 43.9 Å². The molecule has 2 aliphatic rings. The summed E-state index contributed by atoms with van der Waals surface area (Å²) < 4.78 is 5.28. The Kier molecular flexibility index (Phi) is 6.90. The van der Waals surface area contributed by atoms with E-state index < -0.39 is 0 Å². The summed E-state index contributed by atoms with van der Waals surface area (Å²) >= 11 is 5.36. The maximum absolute atomic E-state index is 12.3. The van der Waals surface area contributed by atoms with Crippen molar-refractivity contribution >= 4 is 29.1 Å². The largest absolute Gasteiger partial charge is 0.467 e. The van der Waals surface area contributed by atoms with Crippen LogP contribution in [0.25, 0.3) is 0 Å². The van der Waals surface area contributed by atoms with Gasteiger partial charge in [-0.1, -0.05) is 5.92 Å². The summed E-state index contributed by atoms with van der Waals surface area (Å²) in [5.41, 5.74) is 0. The first kappa shape index (κ1) is 20.2. The van der Waals surface area contributed by atoms with Crippen LogP contribution >= 0.6 is 12.2 Å². The van der Waals surface area contributed by atoms with E-state index >= 15 is 0 Å². The van der Waals surface area contributed by atoms with Crippen molar-refractivity contribution in [3.05, 3.63) is 24.2 Å². The quantitative estimate of drug-likeness (QED) is 0.367. The van der Waals surface area contributed by atoms with Crippen molar-refractivity contribution in [2.75, 3.05) is 19.6 Å².